The average molecular weight is 303 g/mol. The van der Waals surface area contributed by atoms with Crippen LogP contribution in [0.3, 0.4) is 0 Å². The van der Waals surface area contributed by atoms with Gasteiger partial charge in [-0.05, 0) is 51.6 Å². The largest absolute Gasteiger partial charge is 0.320 e. The molecule has 1 saturated heterocycles. The van der Waals surface area contributed by atoms with Crippen LogP contribution in [0.1, 0.15) is 44.9 Å². The molecule has 20 heavy (non-hydrogen) atoms. The first kappa shape index (κ1) is 16.2. The Hall–Kier alpha value is -0.170. The van der Waals surface area contributed by atoms with E-state index in [0.29, 0.717) is 19.0 Å². The van der Waals surface area contributed by atoms with Crippen LogP contribution < -0.4 is 5.32 Å². The van der Waals surface area contributed by atoms with Gasteiger partial charge in [0.15, 0.2) is 0 Å². The molecule has 1 aliphatic heterocycles. The first-order valence-electron chi connectivity index (χ1n) is 7.95. The van der Waals surface area contributed by atoms with Crippen LogP contribution in [-0.4, -0.2) is 56.8 Å². The van der Waals surface area contributed by atoms with Gasteiger partial charge in [-0.1, -0.05) is 12.8 Å². The fourth-order valence-corrected chi connectivity index (χ4v) is 5.34. The third kappa shape index (κ3) is 3.53. The highest BCUT2D eigenvalue weighted by molar-refractivity contribution is 7.86. The van der Waals surface area contributed by atoms with Gasteiger partial charge in [0, 0.05) is 26.2 Å². The van der Waals surface area contributed by atoms with Gasteiger partial charge in [0.1, 0.15) is 0 Å². The molecule has 2 fully saturated rings. The number of hydrogen-bond acceptors (Lipinski definition) is 3. The maximum atomic E-state index is 12.7. The van der Waals surface area contributed by atoms with Gasteiger partial charge in [-0.15, -0.1) is 0 Å². The Morgan fingerprint density at radius 2 is 1.90 bits per heavy atom. The lowest BCUT2D eigenvalue weighted by atomic mass is 9.97. The first-order chi connectivity index (χ1) is 9.57. The molecular formula is C14H29N3O2S. The fraction of sp³-hybridized carbons (Fsp3) is 1.00. The average Bonchev–Trinajstić information content (AvgIpc) is 3.09. The molecule has 1 heterocycles. The summed E-state index contributed by atoms with van der Waals surface area (Å²) >= 11 is 0. The number of hydrogen-bond donors (Lipinski definition) is 1. The lowest BCUT2D eigenvalue weighted by Crippen LogP contribution is -2.46. The molecular weight excluding hydrogens is 274 g/mol. The topological polar surface area (TPSA) is 52.7 Å². The van der Waals surface area contributed by atoms with Crippen molar-refractivity contribution in [3.05, 3.63) is 0 Å². The van der Waals surface area contributed by atoms with E-state index in [1.54, 1.807) is 11.4 Å². The molecule has 2 rings (SSSR count). The van der Waals surface area contributed by atoms with E-state index in [1.807, 2.05) is 7.05 Å². The molecule has 0 aromatic carbocycles. The highest BCUT2D eigenvalue weighted by atomic mass is 32.2. The zero-order chi connectivity index (χ0) is 14.6. The van der Waals surface area contributed by atoms with E-state index in [2.05, 4.69) is 5.32 Å². The minimum absolute atomic E-state index is 0.259. The molecule has 1 unspecified atom stereocenters. The van der Waals surface area contributed by atoms with Crippen molar-refractivity contribution >= 4 is 10.2 Å². The van der Waals surface area contributed by atoms with Crippen molar-refractivity contribution in [1.82, 2.24) is 13.9 Å². The predicted octanol–water partition coefficient (Wildman–Crippen LogP) is 1.43. The molecule has 2 aliphatic rings. The molecule has 1 atom stereocenters. The highest BCUT2D eigenvalue weighted by Gasteiger charge is 2.41. The summed E-state index contributed by atoms with van der Waals surface area (Å²) in [7, 11) is 0.344. The maximum Gasteiger partial charge on any atom is 0.281 e. The second-order valence-corrected chi connectivity index (χ2v) is 8.14. The summed E-state index contributed by atoms with van der Waals surface area (Å²) in [6.07, 6.45) is 7.88. The summed E-state index contributed by atoms with van der Waals surface area (Å²) in [5, 5.41) is 3.06. The Morgan fingerprint density at radius 1 is 1.20 bits per heavy atom. The normalized spacial score (nSPS) is 25.9. The number of nitrogens with zero attached hydrogens (tertiary/aromatic N) is 2. The standard InChI is InChI=1S/C14H29N3O2S/c1-15-10-6-11-16(2)20(18,19)17-12-5-9-14(17)13-7-3-4-8-13/h13-15H,3-12H2,1-2H3. The summed E-state index contributed by atoms with van der Waals surface area (Å²) < 4.78 is 28.8. The van der Waals surface area contributed by atoms with Crippen LogP contribution in [0.25, 0.3) is 0 Å². The van der Waals surface area contributed by atoms with Crippen molar-refractivity contribution in [1.29, 1.82) is 0 Å². The Balaban J connectivity index is 1.99. The van der Waals surface area contributed by atoms with Gasteiger partial charge in [-0.25, -0.2) is 0 Å². The van der Waals surface area contributed by atoms with Crippen LogP contribution in [0.5, 0.6) is 0 Å². The molecule has 0 aromatic heterocycles. The highest BCUT2D eigenvalue weighted by Crippen LogP contribution is 2.37. The van der Waals surface area contributed by atoms with E-state index < -0.39 is 10.2 Å². The third-order valence-corrected chi connectivity index (χ3v) is 6.80. The van der Waals surface area contributed by atoms with Crippen molar-refractivity contribution < 1.29 is 8.42 Å². The fourth-order valence-electron chi connectivity index (χ4n) is 3.64. The van der Waals surface area contributed by atoms with Gasteiger partial charge < -0.3 is 5.32 Å². The zero-order valence-corrected chi connectivity index (χ0v) is 13.7. The molecule has 0 radical (unpaired) electrons. The molecule has 1 N–H and O–H groups in total. The van der Waals surface area contributed by atoms with Crippen LogP contribution in [0, 0.1) is 5.92 Å². The Morgan fingerprint density at radius 3 is 2.55 bits per heavy atom. The smallest absolute Gasteiger partial charge is 0.281 e. The molecule has 118 valence electrons. The van der Waals surface area contributed by atoms with Crippen molar-refractivity contribution in [3.8, 4) is 0 Å². The molecule has 0 amide bonds. The van der Waals surface area contributed by atoms with Gasteiger partial charge >= 0.3 is 0 Å². The number of nitrogens with one attached hydrogen (secondary N) is 1. The minimum atomic E-state index is -3.27. The van der Waals surface area contributed by atoms with Gasteiger partial charge in [-0.2, -0.15) is 17.0 Å². The molecule has 0 spiro atoms. The summed E-state index contributed by atoms with van der Waals surface area (Å²) in [5.74, 6) is 0.595. The molecule has 5 nitrogen and oxygen atoms in total. The maximum absolute atomic E-state index is 12.7. The minimum Gasteiger partial charge on any atom is -0.320 e. The summed E-state index contributed by atoms with van der Waals surface area (Å²) in [5.41, 5.74) is 0. The quantitative estimate of drug-likeness (QED) is 0.724. The van der Waals surface area contributed by atoms with Gasteiger partial charge in [0.2, 0.25) is 0 Å². The van der Waals surface area contributed by atoms with Crippen LogP contribution >= 0.6 is 0 Å². The zero-order valence-electron chi connectivity index (χ0n) is 12.8. The lowest BCUT2D eigenvalue weighted by Gasteiger charge is -2.32. The van der Waals surface area contributed by atoms with Gasteiger partial charge in [0.25, 0.3) is 10.2 Å². The van der Waals surface area contributed by atoms with Crippen molar-refractivity contribution in [3.63, 3.8) is 0 Å². The predicted molar refractivity (Wildman–Crippen MR) is 81.8 cm³/mol. The number of rotatable bonds is 7. The first-order valence-corrected chi connectivity index (χ1v) is 9.34. The Labute approximate surface area is 123 Å². The van der Waals surface area contributed by atoms with Gasteiger partial charge in [-0.3, -0.25) is 0 Å². The Bertz CT molecular complexity index is 393. The molecule has 0 aromatic rings. The monoisotopic (exact) mass is 303 g/mol. The Kier molecular flexibility index (Phi) is 5.84. The van der Waals surface area contributed by atoms with E-state index in [4.69, 9.17) is 0 Å². The SMILES string of the molecule is CNCCCN(C)S(=O)(=O)N1CCCC1C1CCCC1. The van der Waals surface area contributed by atoms with Crippen LogP contribution in [0.15, 0.2) is 0 Å². The summed E-state index contributed by atoms with van der Waals surface area (Å²) in [6, 6.07) is 0.259. The van der Waals surface area contributed by atoms with Crippen LogP contribution in [0.2, 0.25) is 0 Å². The van der Waals surface area contributed by atoms with E-state index in [-0.39, 0.29) is 6.04 Å². The van der Waals surface area contributed by atoms with Crippen molar-refractivity contribution in [2.24, 2.45) is 5.92 Å². The van der Waals surface area contributed by atoms with E-state index in [9.17, 15) is 8.42 Å². The van der Waals surface area contributed by atoms with Crippen molar-refractivity contribution in [2.75, 3.05) is 33.7 Å². The van der Waals surface area contributed by atoms with Gasteiger partial charge in [0.05, 0.1) is 0 Å². The molecule has 0 bridgehead atoms. The van der Waals surface area contributed by atoms with Crippen LogP contribution in [0.4, 0.5) is 0 Å². The third-order valence-electron chi connectivity index (χ3n) is 4.78. The summed E-state index contributed by atoms with van der Waals surface area (Å²) in [6.45, 7) is 2.16. The molecule has 1 saturated carbocycles. The second kappa shape index (κ2) is 7.20. The van der Waals surface area contributed by atoms with Crippen LogP contribution in [-0.2, 0) is 10.2 Å². The van der Waals surface area contributed by atoms with E-state index in [0.717, 1.165) is 25.8 Å². The molecule has 1 aliphatic carbocycles. The molecule has 6 heteroatoms. The summed E-state index contributed by atoms with van der Waals surface area (Å²) in [4.78, 5) is 0. The van der Waals surface area contributed by atoms with E-state index >= 15 is 0 Å². The second-order valence-electron chi connectivity index (χ2n) is 6.15. The lowest BCUT2D eigenvalue weighted by molar-refractivity contribution is 0.270. The van der Waals surface area contributed by atoms with E-state index in [1.165, 1.54) is 30.0 Å². The van der Waals surface area contributed by atoms with Crippen molar-refractivity contribution in [2.45, 2.75) is 51.0 Å².